The minimum Gasteiger partial charge on any atom is -0.495 e. The standard InChI is InChI=1S/C21H24N2O3.C18H21NO4/c1-13(2)11-19(20(22)24)23-21(25)26-12-18-16-9-5-3-7-14(16)15-8-4-6-10-17(15)18;1-20-15-8-7-12(9-14(15)19)5-6-13-10-16(21-2)18(23-4)17(11-13)22-3/h3-10,13,18-19H,11-12H2,1-2H3,(H2,22,24)(H,23,25);5-11H,19H2,1-4H3/b;6-5-/t19-;/m0./s1. The summed E-state index contributed by atoms with van der Waals surface area (Å²) in [6.07, 6.45) is 3.78. The molecule has 4 aromatic carbocycles. The number of methoxy groups -OCH3 is 4. The van der Waals surface area contributed by atoms with Crippen molar-refractivity contribution in [3.63, 3.8) is 0 Å². The Morgan fingerprint density at radius 2 is 1.31 bits per heavy atom. The van der Waals surface area contributed by atoms with E-state index in [-0.39, 0.29) is 18.4 Å². The first-order chi connectivity index (χ1) is 23.6. The summed E-state index contributed by atoms with van der Waals surface area (Å²) < 4.78 is 26.6. The molecule has 0 bridgehead atoms. The lowest BCUT2D eigenvalue weighted by molar-refractivity contribution is -0.120. The lowest BCUT2D eigenvalue weighted by atomic mass is 9.98. The van der Waals surface area contributed by atoms with Crippen LogP contribution >= 0.6 is 0 Å². The van der Waals surface area contributed by atoms with Crippen molar-refractivity contribution in [2.24, 2.45) is 11.7 Å². The Bertz CT molecular complexity index is 1720. The number of carbonyl (C=O) groups excluding carboxylic acids is 2. The summed E-state index contributed by atoms with van der Waals surface area (Å²) in [5.74, 6) is 2.14. The van der Waals surface area contributed by atoms with Crippen molar-refractivity contribution < 1.29 is 33.3 Å². The maximum absolute atomic E-state index is 12.2. The number of carbonyl (C=O) groups is 2. The highest BCUT2D eigenvalue weighted by Gasteiger charge is 2.29. The van der Waals surface area contributed by atoms with E-state index in [0.717, 1.165) is 22.3 Å². The first-order valence-electron chi connectivity index (χ1n) is 15.9. The molecular formula is C39H45N3O7. The Morgan fingerprint density at radius 3 is 1.80 bits per heavy atom. The predicted molar refractivity (Wildman–Crippen MR) is 193 cm³/mol. The molecule has 4 aromatic rings. The predicted octanol–water partition coefficient (Wildman–Crippen LogP) is 6.90. The summed E-state index contributed by atoms with van der Waals surface area (Å²) in [6, 6.07) is 25.0. The van der Waals surface area contributed by atoms with Crippen molar-refractivity contribution in [1.29, 1.82) is 0 Å². The van der Waals surface area contributed by atoms with E-state index < -0.39 is 18.0 Å². The molecular weight excluding hydrogens is 622 g/mol. The van der Waals surface area contributed by atoms with E-state index in [9.17, 15) is 9.59 Å². The van der Waals surface area contributed by atoms with Crippen molar-refractivity contribution >= 4 is 29.8 Å². The molecule has 10 nitrogen and oxygen atoms in total. The van der Waals surface area contributed by atoms with Gasteiger partial charge in [-0.15, -0.1) is 0 Å². The molecule has 0 radical (unpaired) electrons. The fourth-order valence-corrected chi connectivity index (χ4v) is 5.75. The minimum absolute atomic E-state index is 0.00900. The lowest BCUT2D eigenvalue weighted by Crippen LogP contribution is -2.45. The highest BCUT2D eigenvalue weighted by atomic mass is 16.5. The number of rotatable bonds is 12. The molecule has 2 amide bonds. The number of benzene rings is 4. The van der Waals surface area contributed by atoms with E-state index in [2.05, 4.69) is 29.6 Å². The maximum atomic E-state index is 12.2. The molecule has 5 rings (SSSR count). The number of fused-ring (bicyclic) bond motifs is 3. The van der Waals surface area contributed by atoms with Crippen molar-refractivity contribution in [3.05, 3.63) is 101 Å². The number of alkyl carbamates (subject to hydrolysis) is 1. The molecule has 1 atom stereocenters. The summed E-state index contributed by atoms with van der Waals surface area (Å²) in [5.41, 5.74) is 18.4. The minimum atomic E-state index is -0.717. The second kappa shape index (κ2) is 17.0. The highest BCUT2D eigenvalue weighted by Crippen LogP contribution is 2.44. The second-order valence-electron chi connectivity index (χ2n) is 11.8. The monoisotopic (exact) mass is 667 g/mol. The quantitative estimate of drug-likeness (QED) is 0.109. The first kappa shape index (κ1) is 36.2. The topological polar surface area (TPSA) is 144 Å². The van der Waals surface area contributed by atoms with E-state index in [1.165, 1.54) is 11.1 Å². The number of hydrogen-bond acceptors (Lipinski definition) is 8. The molecule has 258 valence electrons. The van der Waals surface area contributed by atoms with Gasteiger partial charge in [-0.1, -0.05) is 80.6 Å². The molecule has 0 spiro atoms. The molecule has 0 saturated heterocycles. The van der Waals surface area contributed by atoms with Crippen molar-refractivity contribution in [1.82, 2.24) is 5.32 Å². The fourth-order valence-electron chi connectivity index (χ4n) is 5.75. The van der Waals surface area contributed by atoms with Gasteiger partial charge in [-0.25, -0.2) is 4.79 Å². The normalized spacial score (nSPS) is 12.3. The van der Waals surface area contributed by atoms with Crippen molar-refractivity contribution in [2.45, 2.75) is 32.2 Å². The molecule has 10 heteroatoms. The number of anilines is 1. The van der Waals surface area contributed by atoms with Crippen LogP contribution in [0.25, 0.3) is 23.3 Å². The first-order valence-corrected chi connectivity index (χ1v) is 15.9. The molecule has 1 aliphatic rings. The van der Waals surface area contributed by atoms with E-state index in [1.54, 1.807) is 28.4 Å². The van der Waals surface area contributed by atoms with Crippen LogP contribution < -0.4 is 35.7 Å². The van der Waals surface area contributed by atoms with E-state index in [1.807, 2.05) is 80.6 Å². The van der Waals surface area contributed by atoms with Gasteiger partial charge in [-0.05, 0) is 70.0 Å². The van der Waals surface area contributed by atoms with Gasteiger partial charge in [-0.2, -0.15) is 0 Å². The third kappa shape index (κ3) is 9.04. The molecule has 0 heterocycles. The van der Waals surface area contributed by atoms with Crippen LogP contribution in [0.15, 0.2) is 78.9 Å². The van der Waals surface area contributed by atoms with Crippen LogP contribution in [0.5, 0.6) is 23.0 Å². The van der Waals surface area contributed by atoms with E-state index in [0.29, 0.717) is 35.1 Å². The Hall–Kier alpha value is -5.64. The van der Waals surface area contributed by atoms with Crippen LogP contribution in [0.1, 0.15) is 48.4 Å². The van der Waals surface area contributed by atoms with Crippen LogP contribution in [-0.2, 0) is 9.53 Å². The van der Waals surface area contributed by atoms with E-state index in [4.69, 9.17) is 35.2 Å². The Labute approximate surface area is 288 Å². The van der Waals surface area contributed by atoms with Gasteiger partial charge in [-0.3, -0.25) is 4.79 Å². The molecule has 5 N–H and O–H groups in total. The number of ether oxygens (including phenoxy) is 5. The van der Waals surface area contributed by atoms with Gasteiger partial charge in [0.25, 0.3) is 0 Å². The Morgan fingerprint density at radius 1 is 0.755 bits per heavy atom. The Kier molecular flexibility index (Phi) is 12.5. The molecule has 0 unspecified atom stereocenters. The summed E-state index contributed by atoms with van der Waals surface area (Å²) in [4.78, 5) is 23.7. The zero-order chi connectivity index (χ0) is 35.5. The van der Waals surface area contributed by atoms with Crippen LogP contribution in [0.3, 0.4) is 0 Å². The maximum Gasteiger partial charge on any atom is 0.407 e. The van der Waals surface area contributed by atoms with Gasteiger partial charge in [0, 0.05) is 5.92 Å². The third-order valence-corrected chi connectivity index (χ3v) is 8.10. The molecule has 49 heavy (non-hydrogen) atoms. The van der Waals surface area contributed by atoms with Gasteiger partial charge in [0.05, 0.1) is 34.1 Å². The number of nitrogens with two attached hydrogens (primary N) is 2. The third-order valence-electron chi connectivity index (χ3n) is 8.10. The summed E-state index contributed by atoms with van der Waals surface area (Å²) in [7, 11) is 6.36. The summed E-state index contributed by atoms with van der Waals surface area (Å²) >= 11 is 0. The zero-order valence-electron chi connectivity index (χ0n) is 28.8. The number of nitrogen functional groups attached to an aromatic ring is 1. The number of amides is 2. The second-order valence-corrected chi connectivity index (χ2v) is 11.8. The average molecular weight is 668 g/mol. The van der Waals surface area contributed by atoms with Gasteiger partial charge in [0.15, 0.2) is 11.5 Å². The smallest absolute Gasteiger partial charge is 0.407 e. The molecule has 0 saturated carbocycles. The largest absolute Gasteiger partial charge is 0.495 e. The molecule has 0 aromatic heterocycles. The zero-order valence-corrected chi connectivity index (χ0v) is 28.8. The lowest BCUT2D eigenvalue weighted by Gasteiger charge is -2.19. The van der Waals surface area contributed by atoms with Crippen molar-refractivity contribution in [2.75, 3.05) is 40.8 Å². The highest BCUT2D eigenvalue weighted by molar-refractivity contribution is 5.84. The average Bonchev–Trinajstić information content (AvgIpc) is 3.42. The number of primary amides is 1. The van der Waals surface area contributed by atoms with Gasteiger partial charge < -0.3 is 40.5 Å². The van der Waals surface area contributed by atoms with Crippen molar-refractivity contribution in [3.8, 4) is 34.1 Å². The van der Waals surface area contributed by atoms with Gasteiger partial charge in [0.2, 0.25) is 11.7 Å². The molecule has 1 aliphatic carbocycles. The summed E-state index contributed by atoms with van der Waals surface area (Å²) in [6.45, 7) is 4.15. The summed E-state index contributed by atoms with van der Waals surface area (Å²) in [5, 5.41) is 2.58. The van der Waals surface area contributed by atoms with Crippen LogP contribution in [0.4, 0.5) is 10.5 Å². The molecule has 0 fully saturated rings. The van der Waals surface area contributed by atoms with E-state index >= 15 is 0 Å². The van der Waals surface area contributed by atoms with Gasteiger partial charge in [0.1, 0.15) is 18.4 Å². The fraction of sp³-hybridized carbons (Fsp3) is 0.282. The van der Waals surface area contributed by atoms with Crippen LogP contribution in [0.2, 0.25) is 0 Å². The van der Waals surface area contributed by atoms with Crippen LogP contribution in [-0.4, -0.2) is 53.1 Å². The van der Waals surface area contributed by atoms with Gasteiger partial charge >= 0.3 is 6.09 Å². The molecule has 0 aliphatic heterocycles. The number of nitrogens with one attached hydrogen (secondary N) is 1. The SMILES string of the molecule is CC(C)C[C@H](NC(=O)OCC1c2ccccc2-c2ccccc21)C(N)=O.COc1ccc(/C=C\c2cc(OC)c(OC)c(OC)c2)cc1N. The Balaban J connectivity index is 0.000000223. The number of hydrogen-bond donors (Lipinski definition) is 3. The van der Waals surface area contributed by atoms with Crippen LogP contribution in [0, 0.1) is 5.92 Å².